The number of ether oxygens (including phenoxy) is 1. The highest BCUT2D eigenvalue weighted by Crippen LogP contribution is 2.13. The van der Waals surface area contributed by atoms with E-state index in [4.69, 9.17) is 10.5 Å². The summed E-state index contributed by atoms with van der Waals surface area (Å²) in [7, 11) is 0. The van der Waals surface area contributed by atoms with Gasteiger partial charge in [0, 0.05) is 14.6 Å². The molecular weight excluding hydrogens is 142 g/mol. The Kier molecular flexibility index (Phi) is 5.07. The van der Waals surface area contributed by atoms with E-state index in [0.29, 0.717) is 26.1 Å². The summed E-state index contributed by atoms with van der Waals surface area (Å²) in [6, 6.07) is 0. The van der Waals surface area contributed by atoms with Crippen LogP contribution < -0.4 is 5.73 Å². The van der Waals surface area contributed by atoms with Crippen molar-refractivity contribution in [2.45, 2.75) is 32.2 Å². The Morgan fingerprint density at radius 1 is 1.45 bits per heavy atom. The van der Waals surface area contributed by atoms with Gasteiger partial charge in [-0.3, -0.25) is 0 Å². The second kappa shape index (κ2) is 5.27. The Bertz CT molecular complexity index is 114. The molecular formula is C8H19NO2. The van der Waals surface area contributed by atoms with Gasteiger partial charge in [-0.25, -0.2) is 0 Å². The summed E-state index contributed by atoms with van der Waals surface area (Å²) < 4.78 is 5.03. The van der Waals surface area contributed by atoms with Crippen molar-refractivity contribution in [1.29, 1.82) is 0 Å². The monoisotopic (exact) mass is 161 g/mol. The quantitative estimate of drug-likeness (QED) is 0.583. The Labute approximate surface area is 69.4 Å². The molecule has 1 aliphatic heterocycles. The maximum absolute atomic E-state index is 10.3. The maximum Gasteiger partial charge on any atom is 0.139 e. The van der Waals surface area contributed by atoms with Crippen LogP contribution in [0.1, 0.15) is 28.1 Å². The average molecular weight is 161 g/mol. The molecule has 0 radical (unpaired) electrons. The van der Waals surface area contributed by atoms with Crippen LogP contribution >= 0.6 is 0 Å². The van der Waals surface area contributed by atoms with Crippen LogP contribution in [-0.2, 0) is 9.53 Å². The van der Waals surface area contributed by atoms with E-state index < -0.39 is 5.54 Å². The van der Waals surface area contributed by atoms with Gasteiger partial charge in [0.25, 0.3) is 0 Å². The normalized spacial score (nSPS) is 21.4. The second-order valence-electron chi connectivity index (χ2n) is 2.46. The minimum absolute atomic E-state index is 0. The molecule has 2 N–H and O–H groups in total. The van der Waals surface area contributed by atoms with E-state index >= 15 is 0 Å². The van der Waals surface area contributed by atoms with E-state index in [9.17, 15) is 4.79 Å². The van der Waals surface area contributed by atoms with Gasteiger partial charge in [-0.2, -0.15) is 0 Å². The summed E-state index contributed by atoms with van der Waals surface area (Å²) in [6.07, 6.45) is 2.16. The predicted molar refractivity (Wildman–Crippen MR) is 46.5 cm³/mol. The third-order valence-corrected chi connectivity index (χ3v) is 1.66. The number of rotatable bonds is 1. The van der Waals surface area contributed by atoms with Crippen molar-refractivity contribution in [2.24, 2.45) is 5.73 Å². The highest BCUT2D eigenvalue weighted by Gasteiger charge is 2.26. The molecule has 1 aliphatic rings. The molecule has 0 saturated carbocycles. The fourth-order valence-electron chi connectivity index (χ4n) is 0.869. The Morgan fingerprint density at radius 3 is 2.18 bits per heavy atom. The highest BCUT2D eigenvalue weighted by atomic mass is 16.5. The molecule has 3 heteroatoms. The van der Waals surface area contributed by atoms with Gasteiger partial charge in [-0.15, -0.1) is 0 Å². The van der Waals surface area contributed by atoms with E-state index in [1.165, 1.54) is 0 Å². The third-order valence-electron chi connectivity index (χ3n) is 1.66. The van der Waals surface area contributed by atoms with Crippen molar-refractivity contribution in [3.63, 3.8) is 0 Å². The van der Waals surface area contributed by atoms with Gasteiger partial charge in [-0.1, -0.05) is 13.8 Å². The average Bonchev–Trinajstić information content (AvgIpc) is 2.10. The molecule has 0 aromatic rings. The predicted octanol–water partition coefficient (Wildman–Crippen LogP) is 0.965. The minimum Gasteiger partial charge on any atom is -0.381 e. The molecule has 0 amide bonds. The van der Waals surface area contributed by atoms with Gasteiger partial charge < -0.3 is 15.3 Å². The van der Waals surface area contributed by atoms with Gasteiger partial charge in [0.2, 0.25) is 0 Å². The maximum atomic E-state index is 10.3. The molecule has 0 aromatic heterocycles. The van der Waals surface area contributed by atoms with Crippen molar-refractivity contribution in [2.75, 3.05) is 13.2 Å². The number of hydrogen-bond donors (Lipinski definition) is 1. The highest BCUT2D eigenvalue weighted by molar-refractivity contribution is 5.63. The van der Waals surface area contributed by atoms with E-state index in [1.54, 1.807) is 0 Å². The van der Waals surface area contributed by atoms with Gasteiger partial charge in [0.05, 0.1) is 5.54 Å². The summed E-state index contributed by atoms with van der Waals surface area (Å²) in [5.41, 5.74) is 5.03. The SMILES string of the molecule is CC.NC1(C=O)CCOCC1.[HH]. The molecule has 1 rings (SSSR count). The molecule has 3 nitrogen and oxygen atoms in total. The van der Waals surface area contributed by atoms with Gasteiger partial charge >= 0.3 is 0 Å². The lowest BCUT2D eigenvalue weighted by Gasteiger charge is -2.27. The van der Waals surface area contributed by atoms with E-state index in [2.05, 4.69) is 0 Å². The molecule has 11 heavy (non-hydrogen) atoms. The first-order valence-electron chi connectivity index (χ1n) is 4.10. The van der Waals surface area contributed by atoms with Crippen LogP contribution in [0.5, 0.6) is 0 Å². The van der Waals surface area contributed by atoms with Crippen LogP contribution in [0.15, 0.2) is 0 Å². The molecule has 0 atom stereocenters. The first-order chi connectivity index (χ1) is 5.27. The summed E-state index contributed by atoms with van der Waals surface area (Å²) in [5, 5.41) is 0. The summed E-state index contributed by atoms with van der Waals surface area (Å²) in [6.45, 7) is 5.24. The van der Waals surface area contributed by atoms with E-state index in [-0.39, 0.29) is 1.43 Å². The summed E-state index contributed by atoms with van der Waals surface area (Å²) in [5.74, 6) is 0. The van der Waals surface area contributed by atoms with Gasteiger partial charge in [0.1, 0.15) is 6.29 Å². The molecule has 0 aliphatic carbocycles. The van der Waals surface area contributed by atoms with E-state index in [1.807, 2.05) is 13.8 Å². The zero-order valence-corrected chi connectivity index (χ0v) is 7.30. The standard InChI is InChI=1S/C6H11NO2.C2H6.H2/c7-6(5-8)1-3-9-4-2-6;1-2;/h5H,1-4,7H2;1-2H3;1H. The minimum atomic E-state index is -0.585. The van der Waals surface area contributed by atoms with Crippen LogP contribution in [0.3, 0.4) is 0 Å². The lowest BCUT2D eigenvalue weighted by atomic mass is 9.94. The number of aldehydes is 1. The lowest BCUT2D eigenvalue weighted by Crippen LogP contribution is -2.46. The first-order valence-corrected chi connectivity index (χ1v) is 4.10. The number of carbonyl (C=O) groups excluding carboxylic acids is 1. The molecule has 1 saturated heterocycles. The first kappa shape index (κ1) is 10.6. The van der Waals surface area contributed by atoms with Crippen LogP contribution in [-0.4, -0.2) is 25.0 Å². The largest absolute Gasteiger partial charge is 0.381 e. The Balaban J connectivity index is 0. The second-order valence-corrected chi connectivity index (χ2v) is 2.46. The van der Waals surface area contributed by atoms with Crippen molar-refractivity contribution < 1.29 is 11.0 Å². The lowest BCUT2D eigenvalue weighted by molar-refractivity contribution is -0.115. The Morgan fingerprint density at radius 2 is 1.91 bits per heavy atom. The van der Waals surface area contributed by atoms with Gasteiger partial charge in [-0.05, 0) is 12.8 Å². The zero-order chi connectivity index (χ0) is 8.74. The summed E-state index contributed by atoms with van der Waals surface area (Å²) in [4.78, 5) is 10.3. The fraction of sp³-hybridized carbons (Fsp3) is 0.875. The molecule has 0 unspecified atom stereocenters. The Hall–Kier alpha value is -0.410. The molecule has 0 spiro atoms. The zero-order valence-electron chi connectivity index (χ0n) is 7.30. The number of nitrogens with two attached hydrogens (primary N) is 1. The fourth-order valence-corrected chi connectivity index (χ4v) is 0.869. The van der Waals surface area contributed by atoms with Crippen molar-refractivity contribution >= 4 is 6.29 Å². The smallest absolute Gasteiger partial charge is 0.139 e. The number of carbonyl (C=O) groups is 1. The van der Waals surface area contributed by atoms with Crippen molar-refractivity contribution in [3.8, 4) is 0 Å². The molecule has 0 bridgehead atoms. The van der Waals surface area contributed by atoms with Crippen LogP contribution in [0, 0.1) is 0 Å². The molecule has 68 valence electrons. The topological polar surface area (TPSA) is 52.3 Å². The third kappa shape index (κ3) is 3.49. The van der Waals surface area contributed by atoms with Gasteiger partial charge in [0.15, 0.2) is 0 Å². The number of hydrogen-bond acceptors (Lipinski definition) is 3. The molecule has 1 fully saturated rings. The van der Waals surface area contributed by atoms with Crippen molar-refractivity contribution in [1.82, 2.24) is 0 Å². The van der Waals surface area contributed by atoms with E-state index in [0.717, 1.165) is 6.29 Å². The molecule has 1 heterocycles. The molecule has 0 aromatic carbocycles. The van der Waals surface area contributed by atoms with Crippen LogP contribution in [0.2, 0.25) is 0 Å². The van der Waals surface area contributed by atoms with Crippen molar-refractivity contribution in [3.05, 3.63) is 0 Å². The van der Waals surface area contributed by atoms with Crippen LogP contribution in [0.25, 0.3) is 0 Å². The summed E-state index contributed by atoms with van der Waals surface area (Å²) >= 11 is 0. The van der Waals surface area contributed by atoms with Crippen LogP contribution in [0.4, 0.5) is 0 Å².